The van der Waals surface area contributed by atoms with Gasteiger partial charge in [0.05, 0.1) is 36.8 Å². The molecule has 144 valence electrons. The van der Waals surface area contributed by atoms with Crippen LogP contribution in [0.15, 0.2) is 0 Å². The third-order valence-corrected chi connectivity index (χ3v) is 2.86. The average molecular weight is 418 g/mol. The molecule has 0 aromatic carbocycles. The minimum absolute atomic E-state index is 0. The van der Waals surface area contributed by atoms with Gasteiger partial charge in [0.25, 0.3) is 0 Å². The number of nitrogens with two attached hydrogens (primary N) is 2. The van der Waals surface area contributed by atoms with Crippen LogP contribution in [0.2, 0.25) is 0 Å². The van der Waals surface area contributed by atoms with Gasteiger partial charge in [0.1, 0.15) is 0 Å². The van der Waals surface area contributed by atoms with Crippen molar-refractivity contribution in [2.45, 2.75) is 36.8 Å². The summed E-state index contributed by atoms with van der Waals surface area (Å²) in [6, 6.07) is 0. The van der Waals surface area contributed by atoms with E-state index in [1.54, 1.807) is 0 Å². The van der Waals surface area contributed by atoms with Gasteiger partial charge in [-0.1, -0.05) is 0 Å². The van der Waals surface area contributed by atoms with Crippen LogP contribution in [-0.4, -0.2) is 160 Å². The summed E-state index contributed by atoms with van der Waals surface area (Å²) in [5.41, 5.74) is 6.88. The van der Waals surface area contributed by atoms with Crippen LogP contribution in [0.1, 0.15) is 25.7 Å². The molecule has 0 aliphatic carbocycles. The summed E-state index contributed by atoms with van der Waals surface area (Å²) < 4.78 is 0. The van der Waals surface area contributed by atoms with Gasteiger partial charge >= 0.3 is 113 Å². The first kappa shape index (κ1) is 45.4. The zero-order valence-corrected chi connectivity index (χ0v) is 11.9. The van der Waals surface area contributed by atoms with E-state index in [-0.39, 0.29) is 105 Å². The average Bonchev–Trinajstić information content (AvgIpc) is 2.10. The van der Waals surface area contributed by atoms with Gasteiger partial charge in [-0.15, -0.1) is 0 Å². The third-order valence-electron chi connectivity index (χ3n) is 2.86. The zero-order chi connectivity index (χ0) is 16.1. The summed E-state index contributed by atoms with van der Waals surface area (Å²) in [5, 5.41) is 35.1. The molecular formula is C10H25N2Na3O11. The molecule has 0 atom stereocenters. The van der Waals surface area contributed by atoms with E-state index in [0.717, 1.165) is 0 Å². The zero-order valence-electron chi connectivity index (χ0n) is 11.9. The number of aliphatic carboxylic acids is 4. The Kier molecular flexibility index (Phi) is 33.2. The van der Waals surface area contributed by atoms with Crippen LogP contribution in [0, 0.1) is 0 Å². The van der Waals surface area contributed by atoms with Crippen LogP contribution >= 0.6 is 0 Å². The number of hydrogen-bond acceptors (Lipinski definition) is 6. The maximum atomic E-state index is 10.8. The van der Waals surface area contributed by atoms with Gasteiger partial charge < -0.3 is 48.3 Å². The monoisotopic (exact) mass is 418 g/mol. The molecule has 0 aliphatic rings. The predicted molar refractivity (Wildman–Crippen MR) is 95.1 cm³/mol. The van der Waals surface area contributed by atoms with Crippen molar-refractivity contribution in [1.29, 1.82) is 0 Å². The Morgan fingerprint density at radius 1 is 0.538 bits per heavy atom. The van der Waals surface area contributed by atoms with E-state index >= 15 is 0 Å². The number of carboxylic acid groups (broad SMARTS) is 4. The fourth-order valence-corrected chi connectivity index (χ4v) is 1.91. The van der Waals surface area contributed by atoms with Crippen LogP contribution in [0.3, 0.4) is 0 Å². The van der Waals surface area contributed by atoms with E-state index in [4.69, 9.17) is 31.9 Å². The van der Waals surface area contributed by atoms with E-state index < -0.39 is 60.6 Å². The Morgan fingerprint density at radius 2 is 0.654 bits per heavy atom. The summed E-state index contributed by atoms with van der Waals surface area (Å²) in [7, 11) is 0. The van der Waals surface area contributed by atoms with E-state index in [0.29, 0.717) is 0 Å². The minimum atomic E-state index is -2.22. The molecule has 0 fully saturated rings. The van der Waals surface area contributed by atoms with Gasteiger partial charge in [-0.3, -0.25) is 19.2 Å². The van der Waals surface area contributed by atoms with Crippen LogP contribution in [0.25, 0.3) is 0 Å². The Balaban J connectivity index is -0.000000120. The molecule has 0 saturated heterocycles. The van der Waals surface area contributed by atoms with Gasteiger partial charge in [-0.05, 0) is 0 Å². The van der Waals surface area contributed by atoms with Gasteiger partial charge in [0, 0.05) is 0 Å². The first-order chi connectivity index (χ1) is 8.92. The fourth-order valence-electron chi connectivity index (χ4n) is 1.91. The van der Waals surface area contributed by atoms with Crippen LogP contribution in [0.5, 0.6) is 0 Å². The van der Waals surface area contributed by atoms with Crippen molar-refractivity contribution in [3.8, 4) is 0 Å². The standard InChI is InChI=1S/C10H16N2O8.3Na.3H2O.3H/c11-9(1-5(13)14,2-6(15)16)10(12,3-7(17)18)4-8(19)20;;;;;;;;;/h1-4,11-12H2,(H,13,14)(H,15,16)(H,17,18)(H,19,20);;;;3*1H2;;;. The van der Waals surface area contributed by atoms with Crippen LogP contribution in [-0.2, 0) is 19.2 Å². The molecule has 0 aliphatic heterocycles. The molecule has 13 nitrogen and oxygen atoms in total. The molecule has 0 heterocycles. The van der Waals surface area contributed by atoms with Gasteiger partial charge in [0.2, 0.25) is 0 Å². The van der Waals surface area contributed by atoms with Crippen molar-refractivity contribution in [3.63, 3.8) is 0 Å². The molecule has 0 aromatic heterocycles. The van der Waals surface area contributed by atoms with E-state index in [2.05, 4.69) is 0 Å². The van der Waals surface area contributed by atoms with E-state index in [1.807, 2.05) is 0 Å². The maximum absolute atomic E-state index is 10.8. The van der Waals surface area contributed by atoms with Crippen LogP contribution in [0.4, 0.5) is 0 Å². The molecule has 0 amide bonds. The Hall–Kier alpha value is 0.680. The Labute approximate surface area is 214 Å². The molecule has 0 bridgehead atoms. The molecule has 0 saturated carbocycles. The number of rotatable bonds is 9. The summed E-state index contributed by atoms with van der Waals surface area (Å²) in [4.78, 5) is 43.2. The van der Waals surface area contributed by atoms with Crippen molar-refractivity contribution >= 4 is 113 Å². The second-order valence-electron chi connectivity index (χ2n) is 4.59. The third kappa shape index (κ3) is 15.7. The first-order valence-electron chi connectivity index (χ1n) is 5.37. The molecule has 26 heavy (non-hydrogen) atoms. The van der Waals surface area contributed by atoms with Crippen molar-refractivity contribution < 1.29 is 56.0 Å². The SMILES string of the molecule is NC(CC(=O)O)(CC(=O)O)C(N)(CC(=O)O)CC(=O)O.O.O.O.[NaH].[NaH].[NaH]. The van der Waals surface area contributed by atoms with Crippen molar-refractivity contribution in [2.75, 3.05) is 0 Å². The second-order valence-corrected chi connectivity index (χ2v) is 4.59. The van der Waals surface area contributed by atoms with Crippen LogP contribution < -0.4 is 11.5 Å². The van der Waals surface area contributed by atoms with Crippen molar-refractivity contribution in [2.24, 2.45) is 11.5 Å². The molecule has 0 rings (SSSR count). The van der Waals surface area contributed by atoms with Gasteiger partial charge in [-0.2, -0.15) is 0 Å². The second kappa shape index (κ2) is 19.0. The topological polar surface area (TPSA) is 296 Å². The molecule has 0 aromatic rings. The van der Waals surface area contributed by atoms with Gasteiger partial charge in [-0.25, -0.2) is 0 Å². The number of carboxylic acids is 4. The molecule has 0 unspecified atom stereocenters. The molecule has 0 spiro atoms. The normalized spacial score (nSPS) is 9.15. The number of hydrogen-bond donors (Lipinski definition) is 6. The molecule has 0 radical (unpaired) electrons. The summed E-state index contributed by atoms with van der Waals surface area (Å²) in [6.45, 7) is 0. The fraction of sp³-hybridized carbons (Fsp3) is 0.600. The predicted octanol–water partition coefficient (Wildman–Crippen LogP) is -6.14. The molecule has 16 heteroatoms. The molecular weight excluding hydrogens is 393 g/mol. The number of carbonyl (C=O) groups is 4. The Morgan fingerprint density at radius 3 is 0.731 bits per heavy atom. The molecule has 14 N–H and O–H groups in total. The Bertz CT molecular complexity index is 378. The summed E-state index contributed by atoms with van der Waals surface area (Å²) in [6.07, 6.45) is -3.90. The summed E-state index contributed by atoms with van der Waals surface area (Å²) in [5.74, 6) is -6.06. The first-order valence-corrected chi connectivity index (χ1v) is 5.37. The van der Waals surface area contributed by atoms with E-state index in [1.165, 1.54) is 0 Å². The van der Waals surface area contributed by atoms with E-state index in [9.17, 15) is 19.2 Å². The van der Waals surface area contributed by atoms with Gasteiger partial charge in [0.15, 0.2) is 0 Å². The summed E-state index contributed by atoms with van der Waals surface area (Å²) >= 11 is 0. The van der Waals surface area contributed by atoms with Crippen molar-refractivity contribution in [3.05, 3.63) is 0 Å². The van der Waals surface area contributed by atoms with Crippen molar-refractivity contribution in [1.82, 2.24) is 0 Å². The quantitative estimate of drug-likeness (QED) is 0.192.